The molecule has 4 aromatic rings. The predicted molar refractivity (Wildman–Crippen MR) is 139 cm³/mol. The molecule has 3 heterocycles. The Balaban J connectivity index is 1.51. The summed E-state index contributed by atoms with van der Waals surface area (Å²) in [5.41, 5.74) is 2.43. The zero-order valence-electron chi connectivity index (χ0n) is 20.2. The topological polar surface area (TPSA) is 124 Å². The van der Waals surface area contributed by atoms with Crippen LogP contribution in [-0.2, 0) is 9.47 Å². The van der Waals surface area contributed by atoms with E-state index >= 15 is 0 Å². The number of methoxy groups -OCH3 is 3. The molecule has 0 saturated heterocycles. The Morgan fingerprint density at radius 1 is 1.11 bits per heavy atom. The maximum Gasteiger partial charge on any atom is 0.229 e. The molecule has 1 aliphatic rings. The number of nitrogens with zero attached hydrogens (tertiary/aromatic N) is 4. The molecule has 1 saturated carbocycles. The SMILES string of the molecule is COC[C@H]1C[C@@H](Nc2nc(Nc3ccnc(OC)c3)ncc2-c2nc3ccccc3s2)[C@H](OC)[C@@H]1O. The highest BCUT2D eigenvalue weighted by molar-refractivity contribution is 7.21. The van der Waals surface area contributed by atoms with E-state index in [4.69, 9.17) is 24.2 Å². The summed E-state index contributed by atoms with van der Waals surface area (Å²) in [7, 11) is 4.81. The molecule has 11 heteroatoms. The van der Waals surface area contributed by atoms with Gasteiger partial charge in [-0.25, -0.2) is 15.0 Å². The van der Waals surface area contributed by atoms with Crippen LogP contribution in [0.15, 0.2) is 48.8 Å². The maximum absolute atomic E-state index is 10.8. The fourth-order valence-electron chi connectivity index (χ4n) is 4.53. The van der Waals surface area contributed by atoms with E-state index in [1.165, 1.54) is 0 Å². The monoisotopic (exact) mass is 508 g/mol. The Hall–Kier alpha value is -3.38. The van der Waals surface area contributed by atoms with Crippen LogP contribution in [-0.4, -0.2) is 71.2 Å². The van der Waals surface area contributed by atoms with Gasteiger partial charge in [-0.2, -0.15) is 4.98 Å². The Labute approximate surface area is 212 Å². The lowest BCUT2D eigenvalue weighted by Crippen LogP contribution is -2.37. The molecule has 4 atom stereocenters. The summed E-state index contributed by atoms with van der Waals surface area (Å²) in [4.78, 5) is 18.3. The van der Waals surface area contributed by atoms with Gasteiger partial charge in [-0.3, -0.25) is 0 Å². The summed E-state index contributed by atoms with van der Waals surface area (Å²) >= 11 is 1.58. The van der Waals surface area contributed by atoms with E-state index in [9.17, 15) is 5.11 Å². The molecule has 3 aromatic heterocycles. The first-order valence-electron chi connectivity index (χ1n) is 11.6. The predicted octanol–water partition coefficient (Wildman–Crippen LogP) is 3.72. The van der Waals surface area contributed by atoms with Crippen LogP contribution in [0.1, 0.15) is 6.42 Å². The van der Waals surface area contributed by atoms with Crippen LogP contribution in [0.2, 0.25) is 0 Å². The molecule has 10 nitrogen and oxygen atoms in total. The molecule has 5 rings (SSSR count). The average Bonchev–Trinajstić information content (AvgIpc) is 3.45. The number of nitrogens with one attached hydrogen (secondary N) is 2. The third-order valence-corrected chi connectivity index (χ3v) is 7.33. The van der Waals surface area contributed by atoms with Crippen molar-refractivity contribution in [3.63, 3.8) is 0 Å². The van der Waals surface area contributed by atoms with E-state index < -0.39 is 12.2 Å². The third-order valence-electron chi connectivity index (χ3n) is 6.26. The fourth-order valence-corrected chi connectivity index (χ4v) is 5.51. The van der Waals surface area contributed by atoms with Gasteiger partial charge in [0.1, 0.15) is 16.9 Å². The van der Waals surface area contributed by atoms with Crippen LogP contribution in [0.5, 0.6) is 5.88 Å². The zero-order chi connectivity index (χ0) is 25.1. The van der Waals surface area contributed by atoms with E-state index in [2.05, 4.69) is 20.6 Å². The van der Waals surface area contributed by atoms with E-state index in [-0.39, 0.29) is 12.0 Å². The highest BCUT2D eigenvalue weighted by Crippen LogP contribution is 2.37. The number of thiazole rings is 1. The van der Waals surface area contributed by atoms with Gasteiger partial charge in [0.2, 0.25) is 11.8 Å². The average molecular weight is 509 g/mol. The lowest BCUT2D eigenvalue weighted by atomic mass is 10.1. The molecule has 1 fully saturated rings. The normalized spacial score (nSPS) is 21.6. The van der Waals surface area contributed by atoms with Gasteiger partial charge in [-0.15, -0.1) is 11.3 Å². The Kier molecular flexibility index (Phi) is 7.23. The van der Waals surface area contributed by atoms with E-state index in [0.29, 0.717) is 30.7 Å². The summed E-state index contributed by atoms with van der Waals surface area (Å²) in [6.45, 7) is 0.449. The van der Waals surface area contributed by atoms with Crippen LogP contribution >= 0.6 is 11.3 Å². The Morgan fingerprint density at radius 3 is 2.75 bits per heavy atom. The standard InChI is InChI=1S/C25H28N6O4S/c1-33-13-14-10-18(22(35-3)21(14)32)29-23-16(24-30-17-6-4-5-7-19(17)36-24)12-27-25(31-23)28-15-8-9-26-20(11-15)34-2/h4-9,11-12,14,18,21-22,32H,10,13H2,1-3H3,(H2,26,27,28,29,31)/t14-,18-,21-,22+/m1/s1. The third kappa shape index (κ3) is 4.96. The number of ether oxygens (including phenoxy) is 3. The van der Waals surface area contributed by atoms with Crippen LogP contribution in [0, 0.1) is 5.92 Å². The van der Waals surface area contributed by atoms with E-state index in [0.717, 1.165) is 26.5 Å². The molecule has 3 N–H and O–H groups in total. The van der Waals surface area contributed by atoms with Crippen molar-refractivity contribution in [3.8, 4) is 16.5 Å². The van der Waals surface area contributed by atoms with Gasteiger partial charge in [0.15, 0.2) is 0 Å². The second kappa shape index (κ2) is 10.7. The summed E-state index contributed by atoms with van der Waals surface area (Å²) in [5.74, 6) is 1.44. The second-order valence-corrected chi connectivity index (χ2v) is 9.58. The van der Waals surface area contributed by atoms with Crippen LogP contribution in [0.4, 0.5) is 17.5 Å². The molecule has 188 valence electrons. The first-order valence-corrected chi connectivity index (χ1v) is 12.4. The summed E-state index contributed by atoms with van der Waals surface area (Å²) in [6, 6.07) is 11.4. The highest BCUT2D eigenvalue weighted by atomic mass is 32.1. The van der Waals surface area contributed by atoms with Gasteiger partial charge < -0.3 is 30.0 Å². The number of rotatable bonds is 9. The van der Waals surface area contributed by atoms with Gasteiger partial charge >= 0.3 is 0 Å². The molecule has 1 aromatic carbocycles. The maximum atomic E-state index is 10.8. The largest absolute Gasteiger partial charge is 0.481 e. The zero-order valence-corrected chi connectivity index (χ0v) is 21.0. The molecule has 1 aliphatic carbocycles. The van der Waals surface area contributed by atoms with Crippen molar-refractivity contribution in [2.45, 2.75) is 24.7 Å². The minimum absolute atomic E-state index is 0.0490. The molecule has 36 heavy (non-hydrogen) atoms. The molecule has 0 spiro atoms. The van der Waals surface area contributed by atoms with Gasteiger partial charge in [0.25, 0.3) is 0 Å². The number of fused-ring (bicyclic) bond motifs is 1. The van der Waals surface area contributed by atoms with Crippen LogP contribution in [0.25, 0.3) is 20.8 Å². The molecule has 0 amide bonds. The number of aliphatic hydroxyl groups excluding tert-OH is 1. The summed E-state index contributed by atoms with van der Waals surface area (Å²) < 4.78 is 17.3. The highest BCUT2D eigenvalue weighted by Gasteiger charge is 2.43. The van der Waals surface area contributed by atoms with Gasteiger partial charge in [-0.05, 0) is 24.6 Å². The number of aliphatic hydroxyl groups is 1. The minimum Gasteiger partial charge on any atom is -0.481 e. The van der Waals surface area contributed by atoms with Gasteiger partial charge in [-0.1, -0.05) is 12.1 Å². The van der Waals surface area contributed by atoms with Crippen molar-refractivity contribution >= 4 is 39.0 Å². The molecular formula is C25H28N6O4S. The Bertz CT molecular complexity index is 1300. The minimum atomic E-state index is -0.651. The number of benzene rings is 1. The number of hydrogen-bond donors (Lipinski definition) is 3. The van der Waals surface area contributed by atoms with Crippen molar-refractivity contribution in [3.05, 3.63) is 48.8 Å². The summed E-state index contributed by atoms with van der Waals surface area (Å²) in [6.07, 6.45) is 3.01. The molecular weight excluding hydrogens is 480 g/mol. The Morgan fingerprint density at radius 2 is 1.97 bits per heavy atom. The molecule has 0 unspecified atom stereocenters. The van der Waals surface area contributed by atoms with Crippen molar-refractivity contribution in [2.75, 3.05) is 38.6 Å². The van der Waals surface area contributed by atoms with Gasteiger partial charge in [0.05, 0.1) is 41.6 Å². The van der Waals surface area contributed by atoms with Gasteiger partial charge in [0, 0.05) is 44.3 Å². The lowest BCUT2D eigenvalue weighted by Gasteiger charge is -2.23. The van der Waals surface area contributed by atoms with Crippen molar-refractivity contribution < 1.29 is 19.3 Å². The van der Waals surface area contributed by atoms with Crippen molar-refractivity contribution in [1.29, 1.82) is 0 Å². The van der Waals surface area contributed by atoms with E-state index in [1.807, 2.05) is 30.3 Å². The number of aromatic nitrogens is 4. The van der Waals surface area contributed by atoms with Crippen molar-refractivity contribution in [1.82, 2.24) is 19.9 Å². The molecule has 0 radical (unpaired) electrons. The van der Waals surface area contributed by atoms with Crippen LogP contribution in [0.3, 0.4) is 0 Å². The smallest absolute Gasteiger partial charge is 0.229 e. The summed E-state index contributed by atoms with van der Waals surface area (Å²) in [5, 5.41) is 18.3. The first-order chi connectivity index (χ1) is 17.6. The molecule has 0 aliphatic heterocycles. The number of anilines is 3. The fraction of sp³-hybridized carbons (Fsp3) is 0.360. The van der Waals surface area contributed by atoms with E-state index in [1.54, 1.807) is 51.1 Å². The molecule has 0 bridgehead atoms. The number of para-hydroxylation sites is 1. The van der Waals surface area contributed by atoms with Crippen molar-refractivity contribution in [2.24, 2.45) is 5.92 Å². The number of pyridine rings is 1. The quantitative estimate of drug-likeness (QED) is 0.308. The van der Waals surface area contributed by atoms with Crippen LogP contribution < -0.4 is 15.4 Å². The lowest BCUT2D eigenvalue weighted by molar-refractivity contribution is -0.0242. The second-order valence-electron chi connectivity index (χ2n) is 8.55. The first kappa shape index (κ1) is 24.3. The number of hydrogen-bond acceptors (Lipinski definition) is 11.